The number of carbonyl (C=O) groups excluding carboxylic acids is 3. The molecule has 1 N–H and O–H groups in total. The molecule has 0 saturated heterocycles. The number of amides is 3. The number of carbonyl (C=O) groups is 3. The third-order valence-corrected chi connectivity index (χ3v) is 4.84. The summed E-state index contributed by atoms with van der Waals surface area (Å²) in [5, 5.41) is 4.63. The van der Waals surface area contributed by atoms with Gasteiger partial charge in [0.1, 0.15) is 0 Å². The highest BCUT2D eigenvalue weighted by Gasteiger charge is 2.24. The molecule has 3 amide bonds. The van der Waals surface area contributed by atoms with Gasteiger partial charge in [0.25, 0.3) is 11.8 Å². The normalized spacial score (nSPS) is 10.6. The molecule has 0 saturated carbocycles. The Labute approximate surface area is 163 Å². The first-order valence-corrected chi connectivity index (χ1v) is 9.72. The summed E-state index contributed by atoms with van der Waals surface area (Å²) in [6.07, 6.45) is 0. The zero-order valence-corrected chi connectivity index (χ0v) is 16.9. The van der Waals surface area contributed by atoms with Gasteiger partial charge in [0.15, 0.2) is 0 Å². The van der Waals surface area contributed by atoms with E-state index < -0.39 is 0 Å². The fraction of sp³-hybridized carbons (Fsp3) is 0.350. The van der Waals surface area contributed by atoms with Crippen LogP contribution in [-0.2, 0) is 4.79 Å². The number of nitrogens with zero attached hydrogens (tertiary/aromatic N) is 2. The van der Waals surface area contributed by atoms with E-state index in [1.54, 1.807) is 37.4 Å². The second-order valence-electron chi connectivity index (χ2n) is 6.40. The Kier molecular flexibility index (Phi) is 7.12. The fourth-order valence-electron chi connectivity index (χ4n) is 2.66. The van der Waals surface area contributed by atoms with Crippen molar-refractivity contribution in [1.29, 1.82) is 0 Å². The van der Waals surface area contributed by atoms with Crippen molar-refractivity contribution in [1.82, 2.24) is 10.2 Å². The fourth-order valence-corrected chi connectivity index (χ4v) is 3.36. The lowest BCUT2D eigenvalue weighted by Gasteiger charge is -2.25. The zero-order valence-electron chi connectivity index (χ0n) is 16.1. The second kappa shape index (κ2) is 9.32. The van der Waals surface area contributed by atoms with E-state index in [1.807, 2.05) is 32.2 Å². The summed E-state index contributed by atoms with van der Waals surface area (Å²) in [5.41, 5.74) is 0.910. The molecule has 2 rings (SSSR count). The number of nitrogens with one attached hydrogen (secondary N) is 1. The molecule has 0 spiro atoms. The minimum atomic E-state index is -0.280. The van der Waals surface area contributed by atoms with Crippen molar-refractivity contribution in [3.63, 3.8) is 0 Å². The second-order valence-corrected chi connectivity index (χ2v) is 7.35. The molecular weight excluding hydrogens is 362 g/mol. The maximum absolute atomic E-state index is 13.0. The highest BCUT2D eigenvalue weighted by molar-refractivity contribution is 7.12. The smallest absolute Gasteiger partial charge is 0.268 e. The Morgan fingerprint density at radius 3 is 2.37 bits per heavy atom. The first-order chi connectivity index (χ1) is 12.8. The van der Waals surface area contributed by atoms with Crippen molar-refractivity contribution in [2.75, 3.05) is 25.0 Å². The van der Waals surface area contributed by atoms with E-state index in [1.165, 1.54) is 21.1 Å². The Hall–Kier alpha value is -2.67. The van der Waals surface area contributed by atoms with Crippen LogP contribution in [0.3, 0.4) is 0 Å². The lowest BCUT2D eigenvalue weighted by atomic mass is 10.1. The summed E-state index contributed by atoms with van der Waals surface area (Å²) in [6.45, 7) is 5.93. The summed E-state index contributed by atoms with van der Waals surface area (Å²) >= 11 is 1.35. The standard InChI is InChI=1S/C20H25N3O3S/c1-5-23(13-18(24)21-14(2)3)19(25)15-9-6-7-10-16(15)22(4)20(26)17-11-8-12-27-17/h6-12,14H,5,13H2,1-4H3,(H,21,24). The number of thiophene rings is 1. The van der Waals surface area contributed by atoms with E-state index in [4.69, 9.17) is 0 Å². The van der Waals surface area contributed by atoms with Gasteiger partial charge in [-0.2, -0.15) is 0 Å². The van der Waals surface area contributed by atoms with Gasteiger partial charge < -0.3 is 15.1 Å². The van der Waals surface area contributed by atoms with Gasteiger partial charge >= 0.3 is 0 Å². The van der Waals surface area contributed by atoms with Crippen LogP contribution in [0.4, 0.5) is 5.69 Å². The van der Waals surface area contributed by atoms with Gasteiger partial charge in [0, 0.05) is 19.6 Å². The lowest BCUT2D eigenvalue weighted by molar-refractivity contribution is -0.122. The molecule has 0 atom stereocenters. The highest BCUT2D eigenvalue weighted by Crippen LogP contribution is 2.24. The van der Waals surface area contributed by atoms with Crippen molar-refractivity contribution in [3.05, 3.63) is 52.2 Å². The lowest BCUT2D eigenvalue weighted by Crippen LogP contribution is -2.43. The topological polar surface area (TPSA) is 69.7 Å². The van der Waals surface area contributed by atoms with E-state index in [-0.39, 0.29) is 30.3 Å². The predicted octanol–water partition coefficient (Wildman–Crippen LogP) is 3.01. The summed E-state index contributed by atoms with van der Waals surface area (Å²) in [4.78, 5) is 41.3. The Morgan fingerprint density at radius 2 is 1.78 bits per heavy atom. The van der Waals surface area contributed by atoms with Crippen molar-refractivity contribution in [2.45, 2.75) is 26.8 Å². The van der Waals surface area contributed by atoms with Crippen LogP contribution in [0.1, 0.15) is 40.8 Å². The van der Waals surface area contributed by atoms with Crippen molar-refractivity contribution in [2.24, 2.45) is 0 Å². The quantitative estimate of drug-likeness (QED) is 0.794. The van der Waals surface area contributed by atoms with Crippen LogP contribution in [-0.4, -0.2) is 48.8 Å². The number of para-hydroxylation sites is 1. The summed E-state index contributed by atoms with van der Waals surface area (Å²) in [5.74, 6) is -0.663. The Morgan fingerprint density at radius 1 is 1.07 bits per heavy atom. The average Bonchev–Trinajstić information content (AvgIpc) is 3.18. The third-order valence-electron chi connectivity index (χ3n) is 3.99. The molecule has 0 bridgehead atoms. The van der Waals surface area contributed by atoms with Crippen LogP contribution >= 0.6 is 11.3 Å². The average molecular weight is 388 g/mol. The van der Waals surface area contributed by atoms with Gasteiger partial charge in [-0.15, -0.1) is 11.3 Å². The zero-order chi connectivity index (χ0) is 20.0. The molecule has 0 aliphatic carbocycles. The first kappa shape index (κ1) is 20.6. The van der Waals surface area contributed by atoms with Gasteiger partial charge in [0.05, 0.1) is 22.7 Å². The van der Waals surface area contributed by atoms with Crippen molar-refractivity contribution >= 4 is 34.7 Å². The van der Waals surface area contributed by atoms with E-state index in [0.717, 1.165) is 0 Å². The van der Waals surface area contributed by atoms with Gasteiger partial charge in [-0.25, -0.2) is 0 Å². The minimum Gasteiger partial charge on any atom is -0.352 e. The molecule has 1 heterocycles. The van der Waals surface area contributed by atoms with Crippen LogP contribution < -0.4 is 10.2 Å². The van der Waals surface area contributed by atoms with E-state index in [0.29, 0.717) is 22.7 Å². The van der Waals surface area contributed by atoms with E-state index in [9.17, 15) is 14.4 Å². The molecule has 1 aromatic carbocycles. The van der Waals surface area contributed by atoms with Gasteiger partial charge in [-0.05, 0) is 44.4 Å². The first-order valence-electron chi connectivity index (χ1n) is 8.84. The molecule has 2 aromatic rings. The molecule has 27 heavy (non-hydrogen) atoms. The van der Waals surface area contributed by atoms with Crippen LogP contribution in [0.15, 0.2) is 41.8 Å². The van der Waals surface area contributed by atoms with Crippen LogP contribution in [0, 0.1) is 0 Å². The molecule has 0 aliphatic heterocycles. The summed E-state index contributed by atoms with van der Waals surface area (Å²) in [7, 11) is 1.65. The molecule has 0 unspecified atom stereocenters. The summed E-state index contributed by atoms with van der Waals surface area (Å²) in [6, 6.07) is 10.5. The number of hydrogen-bond acceptors (Lipinski definition) is 4. The number of anilines is 1. The minimum absolute atomic E-state index is 0.00754. The molecular formula is C20H25N3O3S. The maximum Gasteiger partial charge on any atom is 0.268 e. The number of likely N-dealkylation sites (N-methyl/N-ethyl adjacent to an activating group) is 1. The molecule has 0 aliphatic rings. The van der Waals surface area contributed by atoms with Crippen LogP contribution in [0.5, 0.6) is 0 Å². The summed E-state index contributed by atoms with van der Waals surface area (Å²) < 4.78 is 0. The molecule has 144 valence electrons. The molecule has 7 heteroatoms. The van der Waals surface area contributed by atoms with E-state index in [2.05, 4.69) is 5.32 Å². The van der Waals surface area contributed by atoms with Crippen LogP contribution in [0.2, 0.25) is 0 Å². The van der Waals surface area contributed by atoms with Gasteiger partial charge in [-0.3, -0.25) is 14.4 Å². The largest absolute Gasteiger partial charge is 0.352 e. The maximum atomic E-state index is 13.0. The van der Waals surface area contributed by atoms with Crippen molar-refractivity contribution in [3.8, 4) is 0 Å². The highest BCUT2D eigenvalue weighted by atomic mass is 32.1. The SMILES string of the molecule is CCN(CC(=O)NC(C)C)C(=O)c1ccccc1N(C)C(=O)c1cccs1. The predicted molar refractivity (Wildman–Crippen MR) is 108 cm³/mol. The Bertz CT molecular complexity index is 803. The molecule has 0 radical (unpaired) electrons. The van der Waals surface area contributed by atoms with Crippen LogP contribution in [0.25, 0.3) is 0 Å². The van der Waals surface area contributed by atoms with E-state index >= 15 is 0 Å². The molecule has 0 fully saturated rings. The number of rotatable bonds is 7. The third kappa shape index (κ3) is 5.17. The molecule has 1 aromatic heterocycles. The van der Waals surface area contributed by atoms with Crippen molar-refractivity contribution < 1.29 is 14.4 Å². The van der Waals surface area contributed by atoms with Gasteiger partial charge in [-0.1, -0.05) is 18.2 Å². The monoisotopic (exact) mass is 387 g/mol. The molecule has 6 nitrogen and oxygen atoms in total. The number of hydrogen-bond donors (Lipinski definition) is 1. The number of benzene rings is 1. The van der Waals surface area contributed by atoms with Gasteiger partial charge in [0.2, 0.25) is 5.91 Å². The Balaban J connectivity index is 2.26.